The molecule has 0 atom stereocenters. The molecule has 7 nitrogen and oxygen atoms in total. The Bertz CT molecular complexity index is 534. The number of carbonyl (C=O) groups is 1. The Morgan fingerprint density at radius 2 is 2.25 bits per heavy atom. The van der Waals surface area contributed by atoms with Crippen molar-refractivity contribution in [1.82, 2.24) is 0 Å². The normalized spacial score (nSPS) is 16.2. The first-order valence-corrected chi connectivity index (χ1v) is 6.28. The Morgan fingerprint density at radius 3 is 2.75 bits per heavy atom. The van der Waals surface area contributed by atoms with Gasteiger partial charge in [0.25, 0.3) is 5.69 Å². The minimum atomic E-state index is -0.586. The van der Waals surface area contributed by atoms with Gasteiger partial charge in [0.2, 0.25) is 5.91 Å². The van der Waals surface area contributed by atoms with Gasteiger partial charge in [0.1, 0.15) is 5.75 Å². The second-order valence-corrected chi connectivity index (χ2v) is 4.92. The number of nitrogens with zero attached hydrogens (tertiary/aromatic N) is 1. The van der Waals surface area contributed by atoms with Gasteiger partial charge in [0, 0.05) is 19.2 Å². The summed E-state index contributed by atoms with van der Waals surface area (Å²) in [6.45, 7) is 0. The third-order valence-corrected chi connectivity index (χ3v) is 3.65. The first kappa shape index (κ1) is 14.3. The van der Waals surface area contributed by atoms with Crippen LogP contribution in [0, 0.1) is 10.1 Å². The largest absolute Gasteiger partial charge is 0.506 e. The van der Waals surface area contributed by atoms with Crippen LogP contribution in [0.5, 0.6) is 5.75 Å². The molecule has 0 unspecified atom stereocenters. The van der Waals surface area contributed by atoms with E-state index in [0.717, 1.165) is 25.3 Å². The highest BCUT2D eigenvalue weighted by atomic mass is 16.6. The van der Waals surface area contributed by atoms with Crippen molar-refractivity contribution in [1.29, 1.82) is 0 Å². The van der Waals surface area contributed by atoms with Crippen LogP contribution < -0.4 is 5.32 Å². The zero-order valence-electron chi connectivity index (χ0n) is 11.1. The number of phenolic OH excluding ortho intramolecular Hbond substituents is 1. The fourth-order valence-electron chi connectivity index (χ4n) is 2.25. The van der Waals surface area contributed by atoms with Crippen molar-refractivity contribution in [3.05, 3.63) is 28.3 Å². The molecule has 2 rings (SSSR count). The number of rotatable bonds is 5. The molecule has 0 aliphatic heterocycles. The number of anilines is 1. The summed E-state index contributed by atoms with van der Waals surface area (Å²) in [7, 11) is 1.57. The van der Waals surface area contributed by atoms with Gasteiger partial charge in [-0.15, -0.1) is 0 Å². The molecule has 1 aromatic carbocycles. The highest BCUT2D eigenvalue weighted by molar-refractivity contribution is 5.93. The first-order chi connectivity index (χ1) is 9.46. The van der Waals surface area contributed by atoms with Crippen molar-refractivity contribution >= 4 is 17.3 Å². The second kappa shape index (κ2) is 5.46. The number of hydrogen-bond acceptors (Lipinski definition) is 5. The van der Waals surface area contributed by atoms with E-state index < -0.39 is 10.5 Å². The number of nitro benzene ring substituents is 1. The number of phenols is 1. The van der Waals surface area contributed by atoms with Crippen LogP contribution in [-0.2, 0) is 9.53 Å². The molecule has 1 amide bonds. The van der Waals surface area contributed by atoms with Crippen molar-refractivity contribution in [2.75, 3.05) is 12.4 Å². The van der Waals surface area contributed by atoms with E-state index in [9.17, 15) is 20.0 Å². The second-order valence-electron chi connectivity index (χ2n) is 4.92. The molecule has 2 N–H and O–H groups in total. The van der Waals surface area contributed by atoms with Crippen LogP contribution in [-0.4, -0.2) is 28.6 Å². The summed E-state index contributed by atoms with van der Waals surface area (Å²) in [6.07, 6.45) is 2.82. The number of nitro groups is 1. The van der Waals surface area contributed by atoms with Crippen LogP contribution in [0.2, 0.25) is 0 Å². The minimum Gasteiger partial charge on any atom is -0.506 e. The monoisotopic (exact) mass is 280 g/mol. The molecular formula is C13H16N2O5. The number of carbonyl (C=O) groups excluding carboxylic acids is 1. The molecular weight excluding hydrogens is 264 g/mol. The van der Waals surface area contributed by atoms with Gasteiger partial charge in [0.15, 0.2) is 0 Å². The first-order valence-electron chi connectivity index (χ1n) is 6.28. The number of methoxy groups -OCH3 is 1. The third kappa shape index (κ3) is 2.88. The van der Waals surface area contributed by atoms with E-state index in [4.69, 9.17) is 4.74 Å². The predicted molar refractivity (Wildman–Crippen MR) is 71.6 cm³/mol. The van der Waals surface area contributed by atoms with E-state index in [1.807, 2.05) is 0 Å². The van der Waals surface area contributed by atoms with Crippen molar-refractivity contribution < 1.29 is 19.6 Å². The number of aromatic hydroxyl groups is 1. The summed E-state index contributed by atoms with van der Waals surface area (Å²) in [6, 6.07) is 3.49. The molecule has 0 radical (unpaired) electrons. The minimum absolute atomic E-state index is 0.0368. The van der Waals surface area contributed by atoms with Crippen molar-refractivity contribution in [2.24, 2.45) is 0 Å². The van der Waals surface area contributed by atoms with Gasteiger partial charge in [-0.25, -0.2) is 0 Å². The molecule has 1 aromatic rings. The molecule has 0 spiro atoms. The van der Waals surface area contributed by atoms with E-state index in [0.29, 0.717) is 0 Å². The van der Waals surface area contributed by atoms with Gasteiger partial charge in [-0.3, -0.25) is 14.9 Å². The van der Waals surface area contributed by atoms with Crippen LogP contribution >= 0.6 is 0 Å². The average molecular weight is 280 g/mol. The van der Waals surface area contributed by atoms with Crippen LogP contribution in [0.15, 0.2) is 18.2 Å². The quantitative estimate of drug-likeness (QED) is 0.489. The summed E-state index contributed by atoms with van der Waals surface area (Å²) in [5.41, 5.74) is -0.585. The summed E-state index contributed by atoms with van der Waals surface area (Å²) < 4.78 is 5.34. The SMILES string of the molecule is COC1(CC(=O)Nc2cc([N+](=O)[O-])ccc2O)CCC1. The standard InChI is InChI=1S/C13H16N2O5/c1-20-13(5-2-6-13)8-12(17)14-10-7-9(15(18)19)3-4-11(10)16/h3-4,7,16H,2,5-6,8H2,1H3,(H,14,17). The number of amides is 1. The van der Waals surface area contributed by atoms with Crippen LogP contribution in [0.25, 0.3) is 0 Å². The molecule has 0 saturated heterocycles. The molecule has 1 aliphatic rings. The highest BCUT2D eigenvalue weighted by Crippen LogP contribution is 2.38. The lowest BCUT2D eigenvalue weighted by atomic mass is 9.77. The predicted octanol–water partition coefficient (Wildman–Crippen LogP) is 2.20. The highest BCUT2D eigenvalue weighted by Gasteiger charge is 2.39. The molecule has 0 aromatic heterocycles. The van der Waals surface area contributed by atoms with Crippen LogP contribution in [0.1, 0.15) is 25.7 Å². The Morgan fingerprint density at radius 1 is 1.55 bits per heavy atom. The molecule has 1 aliphatic carbocycles. The van der Waals surface area contributed by atoms with Gasteiger partial charge < -0.3 is 15.2 Å². The summed E-state index contributed by atoms with van der Waals surface area (Å²) in [5.74, 6) is -0.536. The van der Waals surface area contributed by atoms with Crippen LogP contribution in [0.3, 0.4) is 0 Å². The Labute approximate surface area is 115 Å². The number of nitrogens with one attached hydrogen (secondary N) is 1. The van der Waals surface area contributed by atoms with E-state index in [2.05, 4.69) is 5.32 Å². The summed E-state index contributed by atoms with van der Waals surface area (Å²) in [4.78, 5) is 22.0. The number of hydrogen-bond donors (Lipinski definition) is 2. The van der Waals surface area contributed by atoms with Gasteiger partial charge in [0.05, 0.1) is 22.6 Å². The molecule has 1 saturated carbocycles. The number of benzene rings is 1. The smallest absolute Gasteiger partial charge is 0.271 e. The van der Waals surface area contributed by atoms with E-state index in [1.54, 1.807) is 7.11 Å². The summed E-state index contributed by atoms with van der Waals surface area (Å²) in [5, 5.41) is 22.8. The van der Waals surface area contributed by atoms with Crippen molar-refractivity contribution in [3.63, 3.8) is 0 Å². The maximum absolute atomic E-state index is 11.9. The summed E-state index contributed by atoms with van der Waals surface area (Å²) >= 11 is 0. The van der Waals surface area contributed by atoms with Gasteiger partial charge in [-0.2, -0.15) is 0 Å². The molecule has 108 valence electrons. The molecule has 0 heterocycles. The number of non-ortho nitro benzene ring substituents is 1. The maximum atomic E-state index is 11.9. The zero-order chi connectivity index (χ0) is 14.8. The maximum Gasteiger partial charge on any atom is 0.271 e. The lowest BCUT2D eigenvalue weighted by molar-refractivity contribution is -0.384. The Balaban J connectivity index is 2.07. The van der Waals surface area contributed by atoms with Crippen molar-refractivity contribution in [3.8, 4) is 5.75 Å². The topological polar surface area (TPSA) is 102 Å². The van der Waals surface area contributed by atoms with Gasteiger partial charge in [-0.1, -0.05) is 0 Å². The van der Waals surface area contributed by atoms with Crippen LogP contribution in [0.4, 0.5) is 11.4 Å². The lowest BCUT2D eigenvalue weighted by Crippen LogP contribution is -2.42. The molecule has 0 bridgehead atoms. The Hall–Kier alpha value is -2.15. The Kier molecular flexibility index (Phi) is 3.89. The zero-order valence-corrected chi connectivity index (χ0v) is 11.1. The fraction of sp³-hybridized carbons (Fsp3) is 0.462. The third-order valence-electron chi connectivity index (χ3n) is 3.65. The molecule has 20 heavy (non-hydrogen) atoms. The van der Waals surface area contributed by atoms with E-state index in [-0.39, 0.29) is 29.5 Å². The van der Waals surface area contributed by atoms with Crippen molar-refractivity contribution in [2.45, 2.75) is 31.3 Å². The van der Waals surface area contributed by atoms with E-state index >= 15 is 0 Å². The molecule has 7 heteroatoms. The average Bonchev–Trinajstić information content (AvgIpc) is 2.36. The van der Waals surface area contributed by atoms with Gasteiger partial charge >= 0.3 is 0 Å². The fourth-order valence-corrected chi connectivity index (χ4v) is 2.25. The van der Waals surface area contributed by atoms with E-state index in [1.165, 1.54) is 12.1 Å². The molecule has 1 fully saturated rings. The lowest BCUT2D eigenvalue weighted by Gasteiger charge is -2.39. The number of ether oxygens (including phenoxy) is 1. The van der Waals surface area contributed by atoms with Gasteiger partial charge in [-0.05, 0) is 25.3 Å².